The van der Waals surface area contributed by atoms with Gasteiger partial charge in [-0.25, -0.2) is 14.1 Å². The van der Waals surface area contributed by atoms with Crippen molar-refractivity contribution >= 4 is 23.2 Å². The van der Waals surface area contributed by atoms with Crippen molar-refractivity contribution in [3.05, 3.63) is 88.5 Å². The minimum absolute atomic E-state index is 0.0108. The average molecular weight is 437 g/mol. The van der Waals surface area contributed by atoms with Crippen LogP contribution in [0.4, 0.5) is 10.1 Å². The van der Waals surface area contributed by atoms with E-state index in [-0.39, 0.29) is 11.7 Å². The zero-order valence-electron chi connectivity index (χ0n) is 16.6. The number of imidazole rings is 1. The molecule has 3 heterocycles. The molecule has 1 amide bonds. The number of rotatable bonds is 4. The molecule has 1 atom stereocenters. The number of carbonyl (C=O) groups is 1. The Morgan fingerprint density at radius 2 is 2.03 bits per heavy atom. The molecule has 0 saturated carbocycles. The molecule has 0 bridgehead atoms. The van der Waals surface area contributed by atoms with Gasteiger partial charge in [-0.2, -0.15) is 0 Å². The predicted octanol–water partition coefficient (Wildman–Crippen LogP) is 4.35. The number of aryl methyl sites for hydroxylation is 1. The second-order valence-corrected chi connectivity index (χ2v) is 7.91. The van der Waals surface area contributed by atoms with Crippen molar-refractivity contribution in [1.82, 2.24) is 24.5 Å². The Labute approximate surface area is 182 Å². The van der Waals surface area contributed by atoms with Gasteiger partial charge in [0, 0.05) is 16.9 Å². The van der Waals surface area contributed by atoms with Crippen LogP contribution < -0.4 is 5.32 Å². The van der Waals surface area contributed by atoms with E-state index in [2.05, 4.69) is 20.6 Å². The molecule has 1 aliphatic heterocycles. The molecule has 31 heavy (non-hydrogen) atoms. The van der Waals surface area contributed by atoms with Gasteiger partial charge in [0.25, 0.3) is 5.91 Å². The molecular formula is C22H18ClFN6O. The maximum atomic E-state index is 14.6. The van der Waals surface area contributed by atoms with Gasteiger partial charge in [0.2, 0.25) is 0 Å². The standard InChI is InChI=1S/C22H18ClFN6O/c1-13-11-29(12-25-13)19-7-6-16(10-17(19)24)26-22(31)21-20-9-8-18(30(20)28-27-21)14-2-4-15(23)5-3-14/h2-7,10-12,18H,8-9H2,1H3,(H,26,31). The second-order valence-electron chi connectivity index (χ2n) is 7.48. The number of nitrogens with zero attached hydrogens (tertiary/aromatic N) is 5. The van der Waals surface area contributed by atoms with E-state index in [4.69, 9.17) is 11.6 Å². The molecule has 2 aromatic heterocycles. The molecule has 156 valence electrons. The maximum Gasteiger partial charge on any atom is 0.278 e. The number of carbonyl (C=O) groups excluding carboxylic acids is 1. The molecule has 0 radical (unpaired) electrons. The van der Waals surface area contributed by atoms with Crippen LogP contribution >= 0.6 is 11.6 Å². The highest BCUT2D eigenvalue weighted by atomic mass is 35.5. The highest BCUT2D eigenvalue weighted by Gasteiger charge is 2.30. The van der Waals surface area contributed by atoms with Gasteiger partial charge in [-0.3, -0.25) is 4.79 Å². The first-order chi connectivity index (χ1) is 15.0. The quantitative estimate of drug-likeness (QED) is 0.516. The number of anilines is 1. The Bertz CT molecular complexity index is 1280. The number of aromatic nitrogens is 5. The fraction of sp³-hybridized carbons (Fsp3) is 0.182. The van der Waals surface area contributed by atoms with E-state index < -0.39 is 11.7 Å². The highest BCUT2D eigenvalue weighted by molar-refractivity contribution is 6.30. The molecule has 5 rings (SSSR count). The van der Waals surface area contributed by atoms with Gasteiger partial charge in [-0.15, -0.1) is 5.10 Å². The summed E-state index contributed by atoms with van der Waals surface area (Å²) in [6.07, 6.45) is 4.77. The zero-order valence-corrected chi connectivity index (χ0v) is 17.3. The van der Waals surface area contributed by atoms with Crippen LogP contribution in [0.3, 0.4) is 0 Å². The molecule has 0 fully saturated rings. The maximum absolute atomic E-state index is 14.6. The number of hydrogen-bond acceptors (Lipinski definition) is 4. The first-order valence-corrected chi connectivity index (χ1v) is 10.2. The lowest BCUT2D eigenvalue weighted by atomic mass is 10.1. The number of benzene rings is 2. The van der Waals surface area contributed by atoms with E-state index in [1.165, 1.54) is 6.07 Å². The highest BCUT2D eigenvalue weighted by Crippen LogP contribution is 2.32. The number of nitrogens with one attached hydrogen (secondary N) is 1. The van der Waals surface area contributed by atoms with Gasteiger partial charge in [-0.05, 0) is 55.7 Å². The molecule has 0 saturated heterocycles. The minimum atomic E-state index is -0.466. The van der Waals surface area contributed by atoms with Crippen molar-refractivity contribution in [1.29, 1.82) is 0 Å². The fourth-order valence-corrected chi connectivity index (χ4v) is 4.02. The van der Waals surface area contributed by atoms with E-state index in [1.807, 2.05) is 31.2 Å². The summed E-state index contributed by atoms with van der Waals surface area (Å²) in [6.45, 7) is 1.83. The summed E-state index contributed by atoms with van der Waals surface area (Å²) in [7, 11) is 0. The molecule has 7 nitrogen and oxygen atoms in total. The molecule has 2 aromatic carbocycles. The summed E-state index contributed by atoms with van der Waals surface area (Å²) in [5.41, 5.74) is 3.57. The Kier molecular flexibility index (Phi) is 4.78. The number of hydrogen-bond donors (Lipinski definition) is 1. The van der Waals surface area contributed by atoms with E-state index in [9.17, 15) is 9.18 Å². The Balaban J connectivity index is 1.36. The first kappa shape index (κ1) is 19.4. The topological polar surface area (TPSA) is 77.6 Å². The van der Waals surface area contributed by atoms with E-state index >= 15 is 0 Å². The lowest BCUT2D eigenvalue weighted by molar-refractivity contribution is 0.102. The summed E-state index contributed by atoms with van der Waals surface area (Å²) in [5.74, 6) is -0.880. The summed E-state index contributed by atoms with van der Waals surface area (Å²) < 4.78 is 18.0. The number of fused-ring (bicyclic) bond motifs is 1. The Morgan fingerprint density at radius 3 is 2.74 bits per heavy atom. The van der Waals surface area contributed by atoms with Gasteiger partial charge >= 0.3 is 0 Å². The van der Waals surface area contributed by atoms with E-state index in [1.54, 1.807) is 33.9 Å². The van der Waals surface area contributed by atoms with Crippen LogP contribution in [0.1, 0.15) is 39.9 Å². The summed E-state index contributed by atoms with van der Waals surface area (Å²) >= 11 is 5.98. The van der Waals surface area contributed by atoms with Crippen molar-refractivity contribution in [2.24, 2.45) is 0 Å². The molecule has 1 aliphatic rings. The molecule has 9 heteroatoms. The lowest BCUT2D eigenvalue weighted by Gasteiger charge is -2.11. The third-order valence-corrected chi connectivity index (χ3v) is 5.66. The largest absolute Gasteiger partial charge is 0.320 e. The normalized spacial score (nSPS) is 15.1. The van der Waals surface area contributed by atoms with Crippen molar-refractivity contribution in [3.63, 3.8) is 0 Å². The predicted molar refractivity (Wildman–Crippen MR) is 114 cm³/mol. The molecule has 0 spiro atoms. The number of halogens is 2. The monoisotopic (exact) mass is 436 g/mol. The average Bonchev–Trinajstić information content (AvgIpc) is 3.45. The zero-order chi connectivity index (χ0) is 21.5. The summed E-state index contributed by atoms with van der Waals surface area (Å²) in [5, 5.41) is 11.7. The summed E-state index contributed by atoms with van der Waals surface area (Å²) in [6, 6.07) is 12.1. The molecule has 0 aliphatic carbocycles. The van der Waals surface area contributed by atoms with Crippen molar-refractivity contribution in [2.75, 3.05) is 5.32 Å². The molecule has 4 aromatic rings. The Morgan fingerprint density at radius 1 is 1.23 bits per heavy atom. The minimum Gasteiger partial charge on any atom is -0.320 e. The van der Waals surface area contributed by atoms with Crippen molar-refractivity contribution in [3.8, 4) is 5.69 Å². The number of amides is 1. The van der Waals surface area contributed by atoms with E-state index in [0.717, 1.165) is 23.4 Å². The Hall–Kier alpha value is -3.52. The lowest BCUT2D eigenvalue weighted by Crippen LogP contribution is -2.15. The van der Waals surface area contributed by atoms with Crippen LogP contribution in [0.5, 0.6) is 0 Å². The molecule has 1 N–H and O–H groups in total. The molecule has 1 unspecified atom stereocenters. The first-order valence-electron chi connectivity index (χ1n) is 9.81. The van der Waals surface area contributed by atoms with Crippen molar-refractivity contribution in [2.45, 2.75) is 25.8 Å². The third-order valence-electron chi connectivity index (χ3n) is 5.41. The second kappa shape index (κ2) is 7.63. The van der Waals surface area contributed by atoms with Crippen LogP contribution in [-0.2, 0) is 6.42 Å². The SMILES string of the molecule is Cc1cn(-c2ccc(NC(=O)c3nnn4c3CCC4c3ccc(Cl)cc3)cc2F)cn1. The van der Waals surface area contributed by atoms with Crippen LogP contribution in [0, 0.1) is 12.7 Å². The van der Waals surface area contributed by atoms with Crippen LogP contribution in [0.15, 0.2) is 55.0 Å². The smallest absolute Gasteiger partial charge is 0.278 e. The van der Waals surface area contributed by atoms with Gasteiger partial charge in [0.15, 0.2) is 5.69 Å². The third kappa shape index (κ3) is 3.59. The van der Waals surface area contributed by atoms with Crippen LogP contribution in [-0.4, -0.2) is 30.5 Å². The summed E-state index contributed by atoms with van der Waals surface area (Å²) in [4.78, 5) is 16.9. The molecular weight excluding hydrogens is 419 g/mol. The van der Waals surface area contributed by atoms with Gasteiger partial charge in [-0.1, -0.05) is 28.9 Å². The van der Waals surface area contributed by atoms with Gasteiger partial charge < -0.3 is 9.88 Å². The van der Waals surface area contributed by atoms with Crippen LogP contribution in [0.2, 0.25) is 5.02 Å². The van der Waals surface area contributed by atoms with E-state index in [0.29, 0.717) is 22.8 Å². The van der Waals surface area contributed by atoms with Gasteiger partial charge in [0.1, 0.15) is 5.82 Å². The van der Waals surface area contributed by atoms with Crippen LogP contribution in [0.25, 0.3) is 5.69 Å². The fourth-order valence-electron chi connectivity index (χ4n) is 3.90. The van der Waals surface area contributed by atoms with Gasteiger partial charge in [0.05, 0.1) is 29.4 Å². The van der Waals surface area contributed by atoms with Crippen molar-refractivity contribution < 1.29 is 9.18 Å².